The average Bonchev–Trinajstić information content (AvgIpc) is 2.61. The Morgan fingerprint density at radius 3 is 2.30 bits per heavy atom. The Morgan fingerprint density at radius 2 is 1.75 bits per heavy atom. The highest BCUT2D eigenvalue weighted by molar-refractivity contribution is 5.83. The molecule has 2 nitrogen and oxygen atoms in total. The normalized spacial score (nSPS) is 26.2. The van der Waals surface area contributed by atoms with E-state index in [1.54, 1.807) is 0 Å². The van der Waals surface area contributed by atoms with Crippen LogP contribution in [0.3, 0.4) is 0 Å². The number of aryl methyl sites for hydroxylation is 1. The first-order valence-corrected chi connectivity index (χ1v) is 6.84. The first kappa shape index (κ1) is 13.5. The van der Waals surface area contributed by atoms with Crippen LogP contribution in [-0.4, -0.2) is 17.9 Å². The molecule has 0 amide bonds. The maximum absolute atomic E-state index is 12.9. The van der Waals surface area contributed by atoms with Gasteiger partial charge in [0.15, 0.2) is 0 Å². The topological polar surface area (TPSA) is 20.3 Å². The Balaban J connectivity index is 2.00. The number of halogens is 3. The molecule has 2 fully saturated rings. The molecule has 2 aliphatic heterocycles. The zero-order chi connectivity index (χ0) is 14.5. The van der Waals surface area contributed by atoms with Crippen LogP contribution in [0.15, 0.2) is 18.2 Å². The summed E-state index contributed by atoms with van der Waals surface area (Å²) in [7, 11) is 0. The van der Waals surface area contributed by atoms with Crippen molar-refractivity contribution in [2.45, 2.75) is 50.9 Å². The highest BCUT2D eigenvalue weighted by Gasteiger charge is 2.41. The predicted molar refractivity (Wildman–Crippen MR) is 69.7 cm³/mol. The molecule has 3 rings (SSSR count). The van der Waals surface area contributed by atoms with Gasteiger partial charge in [-0.25, -0.2) is 0 Å². The number of benzene rings is 1. The Kier molecular flexibility index (Phi) is 3.03. The predicted octanol–water partition coefficient (Wildman–Crippen LogP) is 3.71. The summed E-state index contributed by atoms with van der Waals surface area (Å²) in [5.41, 5.74) is 0.860. The number of carbonyl (C=O) groups is 1. The Labute approximate surface area is 115 Å². The van der Waals surface area contributed by atoms with Crippen LogP contribution in [-0.2, 0) is 11.0 Å². The molecular formula is C15H16F3NO. The molecule has 2 unspecified atom stereocenters. The van der Waals surface area contributed by atoms with Gasteiger partial charge in [-0.15, -0.1) is 0 Å². The van der Waals surface area contributed by atoms with Gasteiger partial charge in [0.25, 0.3) is 0 Å². The van der Waals surface area contributed by atoms with Crippen LogP contribution in [0.1, 0.15) is 36.8 Å². The van der Waals surface area contributed by atoms with Gasteiger partial charge < -0.3 is 4.90 Å². The van der Waals surface area contributed by atoms with E-state index < -0.39 is 11.7 Å². The molecule has 2 bridgehead atoms. The number of Topliss-reactive ketones (excluding diaryl/α,β-unsaturated/α-hetero) is 1. The molecule has 0 spiro atoms. The summed E-state index contributed by atoms with van der Waals surface area (Å²) in [6.45, 7) is 1.82. The van der Waals surface area contributed by atoms with Crippen LogP contribution < -0.4 is 4.90 Å². The molecule has 0 aliphatic carbocycles. The third-order valence-corrected chi connectivity index (χ3v) is 4.36. The van der Waals surface area contributed by atoms with Gasteiger partial charge in [-0.05, 0) is 37.5 Å². The second-order valence-electron chi connectivity index (χ2n) is 5.74. The van der Waals surface area contributed by atoms with Gasteiger partial charge in [-0.1, -0.05) is 6.07 Å². The lowest BCUT2D eigenvalue weighted by Crippen LogP contribution is -2.43. The number of rotatable bonds is 1. The van der Waals surface area contributed by atoms with Crippen LogP contribution in [0.25, 0.3) is 0 Å². The van der Waals surface area contributed by atoms with E-state index in [2.05, 4.69) is 0 Å². The van der Waals surface area contributed by atoms with Gasteiger partial charge in [-0.2, -0.15) is 13.2 Å². The molecule has 1 aromatic rings. The highest BCUT2D eigenvalue weighted by atomic mass is 19.4. The SMILES string of the molecule is Cc1ccc(C(F)(F)F)cc1N1C2CCC1CC(=O)C2. The van der Waals surface area contributed by atoms with Gasteiger partial charge in [0.2, 0.25) is 0 Å². The van der Waals surface area contributed by atoms with Gasteiger partial charge in [0, 0.05) is 30.6 Å². The molecule has 0 saturated carbocycles. The summed E-state index contributed by atoms with van der Waals surface area (Å²) in [6, 6.07) is 4.02. The third-order valence-electron chi connectivity index (χ3n) is 4.36. The van der Waals surface area contributed by atoms with Gasteiger partial charge in [0.1, 0.15) is 5.78 Å². The number of ketones is 1. The Hall–Kier alpha value is -1.52. The van der Waals surface area contributed by atoms with Crippen molar-refractivity contribution >= 4 is 11.5 Å². The van der Waals surface area contributed by atoms with E-state index in [1.807, 2.05) is 11.8 Å². The maximum atomic E-state index is 12.9. The fourth-order valence-electron chi connectivity index (χ4n) is 3.43. The molecule has 0 radical (unpaired) electrons. The van der Waals surface area contributed by atoms with E-state index in [0.717, 1.165) is 24.5 Å². The quantitative estimate of drug-likeness (QED) is 0.783. The Bertz CT molecular complexity index is 537. The standard InChI is InChI=1S/C15H16F3NO/c1-9-2-3-10(15(16,17)18)6-14(9)19-11-4-5-12(19)8-13(20)7-11/h2-3,6,11-12H,4-5,7-8H2,1H3. The smallest absolute Gasteiger partial charge is 0.364 e. The van der Waals surface area contributed by atoms with E-state index in [1.165, 1.54) is 12.1 Å². The van der Waals surface area contributed by atoms with Crippen molar-refractivity contribution in [1.82, 2.24) is 0 Å². The molecule has 5 heteroatoms. The number of alkyl halides is 3. The molecule has 2 saturated heterocycles. The van der Waals surface area contributed by atoms with E-state index in [0.29, 0.717) is 18.5 Å². The molecule has 0 N–H and O–H groups in total. The number of nitrogens with zero attached hydrogens (tertiary/aromatic N) is 1. The number of anilines is 1. The number of hydrogen-bond acceptors (Lipinski definition) is 2. The molecule has 1 aromatic carbocycles. The summed E-state index contributed by atoms with van der Waals surface area (Å²) in [5.74, 6) is 0.235. The molecule has 0 aromatic heterocycles. The molecule has 108 valence electrons. The van der Waals surface area contributed by atoms with Gasteiger partial charge in [0.05, 0.1) is 5.56 Å². The first-order chi connectivity index (χ1) is 9.36. The van der Waals surface area contributed by atoms with Crippen molar-refractivity contribution in [3.63, 3.8) is 0 Å². The average molecular weight is 283 g/mol. The first-order valence-electron chi connectivity index (χ1n) is 6.84. The van der Waals surface area contributed by atoms with E-state index in [9.17, 15) is 18.0 Å². The second kappa shape index (κ2) is 4.50. The summed E-state index contributed by atoms with van der Waals surface area (Å²) in [4.78, 5) is 13.7. The highest BCUT2D eigenvalue weighted by Crippen LogP contribution is 2.41. The van der Waals surface area contributed by atoms with E-state index in [-0.39, 0.29) is 17.9 Å². The van der Waals surface area contributed by atoms with Crippen LogP contribution in [0, 0.1) is 6.92 Å². The fourth-order valence-corrected chi connectivity index (χ4v) is 3.43. The van der Waals surface area contributed by atoms with Crippen molar-refractivity contribution in [2.75, 3.05) is 4.90 Å². The minimum Gasteiger partial charge on any atom is -0.364 e. The molecule has 2 atom stereocenters. The van der Waals surface area contributed by atoms with Crippen molar-refractivity contribution in [3.05, 3.63) is 29.3 Å². The van der Waals surface area contributed by atoms with Crippen molar-refractivity contribution in [3.8, 4) is 0 Å². The monoisotopic (exact) mass is 283 g/mol. The lowest BCUT2D eigenvalue weighted by atomic mass is 9.98. The zero-order valence-electron chi connectivity index (χ0n) is 11.2. The Morgan fingerprint density at radius 1 is 1.15 bits per heavy atom. The largest absolute Gasteiger partial charge is 0.416 e. The third kappa shape index (κ3) is 2.19. The molecule has 20 heavy (non-hydrogen) atoms. The second-order valence-corrected chi connectivity index (χ2v) is 5.74. The van der Waals surface area contributed by atoms with Crippen LogP contribution in [0.4, 0.5) is 18.9 Å². The fraction of sp³-hybridized carbons (Fsp3) is 0.533. The van der Waals surface area contributed by atoms with Gasteiger partial charge >= 0.3 is 6.18 Å². The number of carbonyl (C=O) groups excluding carboxylic acids is 1. The summed E-state index contributed by atoms with van der Waals surface area (Å²) < 4.78 is 38.6. The van der Waals surface area contributed by atoms with Crippen LogP contribution in [0.5, 0.6) is 0 Å². The molecular weight excluding hydrogens is 267 g/mol. The lowest BCUT2D eigenvalue weighted by molar-refractivity contribution is -0.137. The van der Waals surface area contributed by atoms with Gasteiger partial charge in [-0.3, -0.25) is 4.79 Å². The molecule has 2 aliphatic rings. The number of fused-ring (bicyclic) bond motifs is 2. The lowest BCUT2D eigenvalue weighted by Gasteiger charge is -2.37. The minimum atomic E-state index is -4.33. The van der Waals surface area contributed by atoms with Crippen LogP contribution in [0.2, 0.25) is 0 Å². The van der Waals surface area contributed by atoms with Crippen molar-refractivity contribution in [1.29, 1.82) is 0 Å². The minimum absolute atomic E-state index is 0.0726. The summed E-state index contributed by atoms with van der Waals surface area (Å²) in [6.07, 6.45) is -1.61. The maximum Gasteiger partial charge on any atom is 0.416 e. The summed E-state index contributed by atoms with van der Waals surface area (Å²) in [5, 5.41) is 0. The molecule has 2 heterocycles. The number of hydrogen-bond donors (Lipinski definition) is 0. The van der Waals surface area contributed by atoms with Crippen LogP contribution >= 0.6 is 0 Å². The number of piperidine rings is 1. The van der Waals surface area contributed by atoms with E-state index >= 15 is 0 Å². The van der Waals surface area contributed by atoms with Crippen molar-refractivity contribution in [2.24, 2.45) is 0 Å². The zero-order valence-corrected chi connectivity index (χ0v) is 11.2. The summed E-state index contributed by atoms with van der Waals surface area (Å²) >= 11 is 0. The van der Waals surface area contributed by atoms with E-state index in [4.69, 9.17) is 0 Å². The van der Waals surface area contributed by atoms with Crippen molar-refractivity contribution < 1.29 is 18.0 Å².